The fourth-order valence-electron chi connectivity index (χ4n) is 2.61. The van der Waals surface area contributed by atoms with Gasteiger partial charge in [-0.1, -0.05) is 44.7 Å². The topological polar surface area (TPSA) is 17.1 Å². The van der Waals surface area contributed by atoms with Crippen LogP contribution >= 0.6 is 11.8 Å². The molecule has 0 amide bonds. The van der Waals surface area contributed by atoms with Crippen LogP contribution in [0.4, 0.5) is 0 Å². The number of benzene rings is 1. The summed E-state index contributed by atoms with van der Waals surface area (Å²) in [7, 11) is 0. The number of carbonyl (C=O) groups excluding carboxylic acids is 1. The molecular weight excluding hydrogens is 240 g/mol. The zero-order valence-corrected chi connectivity index (χ0v) is 11.6. The number of hydrogen-bond donors (Lipinski definition) is 0. The summed E-state index contributed by atoms with van der Waals surface area (Å²) in [6.07, 6.45) is 1.93. The van der Waals surface area contributed by atoms with Crippen molar-refractivity contribution >= 4 is 28.0 Å². The second-order valence-electron chi connectivity index (χ2n) is 5.52. The Morgan fingerprint density at radius 1 is 1.22 bits per heavy atom. The van der Waals surface area contributed by atoms with Crippen LogP contribution < -0.4 is 0 Å². The summed E-state index contributed by atoms with van der Waals surface area (Å²) in [5.74, 6) is 0.145. The molecule has 0 N–H and O–H groups in total. The number of ketones is 1. The quantitative estimate of drug-likeness (QED) is 0.644. The maximum Gasteiger partial charge on any atom is 0.190 e. The lowest BCUT2D eigenvalue weighted by molar-refractivity contribution is -0.110. The molecule has 1 heterocycles. The molecule has 0 aromatic heterocycles. The summed E-state index contributed by atoms with van der Waals surface area (Å²) in [6, 6.07) is 8.12. The normalized spacial score (nSPS) is 21.7. The average molecular weight is 256 g/mol. The van der Waals surface area contributed by atoms with Crippen LogP contribution in [0.1, 0.15) is 37.8 Å². The highest BCUT2D eigenvalue weighted by atomic mass is 32.2. The Labute approximate surface area is 112 Å². The van der Waals surface area contributed by atoms with Crippen molar-refractivity contribution in [1.29, 1.82) is 0 Å². The van der Waals surface area contributed by atoms with Crippen LogP contribution in [-0.2, 0) is 4.79 Å². The van der Waals surface area contributed by atoms with Crippen LogP contribution in [0.25, 0.3) is 10.5 Å². The van der Waals surface area contributed by atoms with Gasteiger partial charge in [-0.05, 0) is 24.0 Å². The lowest BCUT2D eigenvalue weighted by Crippen LogP contribution is -2.24. The fraction of sp³-hybridized carbons (Fsp3) is 0.312. The predicted molar refractivity (Wildman–Crippen MR) is 78.3 cm³/mol. The van der Waals surface area contributed by atoms with E-state index in [-0.39, 0.29) is 10.5 Å². The minimum atomic E-state index is 0.145. The van der Waals surface area contributed by atoms with Gasteiger partial charge in [-0.3, -0.25) is 4.79 Å². The molecule has 0 radical (unpaired) electrons. The first kappa shape index (κ1) is 11.8. The summed E-state index contributed by atoms with van der Waals surface area (Å²) in [4.78, 5) is 13.5. The lowest BCUT2D eigenvalue weighted by atomic mass is 9.84. The lowest BCUT2D eigenvalue weighted by Gasteiger charge is -2.35. The van der Waals surface area contributed by atoms with Crippen molar-refractivity contribution in [2.24, 2.45) is 0 Å². The number of rotatable bonds is 0. The number of allylic oxidation sites excluding steroid dienone is 2. The van der Waals surface area contributed by atoms with Crippen LogP contribution in [0.5, 0.6) is 0 Å². The Hall–Kier alpha value is -1.28. The van der Waals surface area contributed by atoms with Gasteiger partial charge in [0, 0.05) is 20.8 Å². The third-order valence-electron chi connectivity index (χ3n) is 3.67. The summed E-state index contributed by atoms with van der Waals surface area (Å²) in [5.41, 5.74) is 3.83. The minimum absolute atomic E-state index is 0.145. The van der Waals surface area contributed by atoms with E-state index in [1.807, 2.05) is 30.0 Å². The molecule has 0 saturated heterocycles. The molecule has 0 unspecified atom stereocenters. The van der Waals surface area contributed by atoms with Crippen molar-refractivity contribution in [1.82, 2.24) is 0 Å². The van der Waals surface area contributed by atoms with E-state index < -0.39 is 0 Å². The van der Waals surface area contributed by atoms with Gasteiger partial charge in [0.2, 0.25) is 0 Å². The number of Topliss-reactive ketones (excluding diaryl/α,β-unsaturated/α-hetero) is 1. The van der Waals surface area contributed by atoms with Crippen LogP contribution in [0.15, 0.2) is 36.4 Å². The summed E-state index contributed by atoms with van der Waals surface area (Å²) in [5, 5.41) is 0. The van der Waals surface area contributed by atoms with E-state index in [2.05, 4.69) is 26.5 Å². The van der Waals surface area contributed by atoms with Crippen molar-refractivity contribution in [3.05, 3.63) is 47.5 Å². The summed E-state index contributed by atoms with van der Waals surface area (Å²) in [6.45, 7) is 8.47. The zero-order valence-electron chi connectivity index (χ0n) is 10.7. The molecule has 2 aliphatic rings. The Morgan fingerprint density at radius 3 is 2.61 bits per heavy atom. The van der Waals surface area contributed by atoms with E-state index in [0.29, 0.717) is 5.57 Å². The first-order chi connectivity index (χ1) is 8.49. The number of hydrogen-bond acceptors (Lipinski definition) is 2. The van der Waals surface area contributed by atoms with E-state index in [9.17, 15) is 4.79 Å². The van der Waals surface area contributed by atoms with Gasteiger partial charge in [0.15, 0.2) is 5.78 Å². The number of thioether (sulfide) groups is 1. The molecule has 3 rings (SSSR count). The molecule has 1 aromatic carbocycles. The van der Waals surface area contributed by atoms with Crippen LogP contribution in [0.3, 0.4) is 0 Å². The highest BCUT2D eigenvalue weighted by Gasteiger charge is 2.36. The molecule has 1 aromatic rings. The van der Waals surface area contributed by atoms with E-state index in [1.165, 1.54) is 10.5 Å². The van der Waals surface area contributed by atoms with Crippen molar-refractivity contribution in [2.75, 3.05) is 0 Å². The standard InChI is InChI=1S/C16H16OS/c1-10-11-6-4-5-7-12(11)15-13(14(10)17)8-9-16(2,3)18-15/h4-7H,1,8-9H2,2-3H3. The Morgan fingerprint density at radius 2 is 1.89 bits per heavy atom. The highest BCUT2D eigenvalue weighted by molar-refractivity contribution is 8.09. The molecule has 1 aliphatic heterocycles. The molecular formula is C16H16OS. The average Bonchev–Trinajstić information content (AvgIpc) is 2.35. The Bertz CT molecular complexity index is 593. The molecule has 1 nitrogen and oxygen atoms in total. The molecule has 2 heteroatoms. The van der Waals surface area contributed by atoms with Crippen LogP contribution in [-0.4, -0.2) is 10.5 Å². The Kier molecular flexibility index (Phi) is 2.53. The predicted octanol–water partition coefficient (Wildman–Crippen LogP) is 4.30. The van der Waals surface area contributed by atoms with Crippen molar-refractivity contribution < 1.29 is 4.79 Å². The van der Waals surface area contributed by atoms with Gasteiger partial charge in [0.05, 0.1) is 0 Å². The first-order valence-corrected chi connectivity index (χ1v) is 7.07. The summed E-state index contributed by atoms with van der Waals surface area (Å²) >= 11 is 1.84. The van der Waals surface area contributed by atoms with Gasteiger partial charge in [0.1, 0.15) is 0 Å². The molecule has 0 fully saturated rings. The maximum atomic E-state index is 12.4. The zero-order chi connectivity index (χ0) is 12.9. The van der Waals surface area contributed by atoms with Gasteiger partial charge < -0.3 is 0 Å². The van der Waals surface area contributed by atoms with Crippen LogP contribution in [0.2, 0.25) is 0 Å². The number of fused-ring (bicyclic) bond motifs is 2. The van der Waals surface area contributed by atoms with Crippen molar-refractivity contribution in [2.45, 2.75) is 31.4 Å². The molecule has 0 spiro atoms. The highest BCUT2D eigenvalue weighted by Crippen LogP contribution is 2.52. The van der Waals surface area contributed by atoms with Crippen molar-refractivity contribution in [3.8, 4) is 0 Å². The summed E-state index contributed by atoms with van der Waals surface area (Å²) < 4.78 is 0.213. The SMILES string of the molecule is C=C1C(=O)C2=C(SC(C)(C)CC2)c2ccccc21. The third kappa shape index (κ3) is 1.67. The molecule has 18 heavy (non-hydrogen) atoms. The molecule has 1 aliphatic carbocycles. The second-order valence-corrected chi connectivity index (χ2v) is 7.24. The molecule has 0 bridgehead atoms. The third-order valence-corrected chi connectivity index (χ3v) is 5.10. The van der Waals surface area contributed by atoms with Gasteiger partial charge in [0.25, 0.3) is 0 Å². The minimum Gasteiger partial charge on any atom is -0.289 e. The smallest absolute Gasteiger partial charge is 0.190 e. The molecule has 92 valence electrons. The maximum absolute atomic E-state index is 12.4. The first-order valence-electron chi connectivity index (χ1n) is 6.25. The second kappa shape index (κ2) is 3.86. The van der Waals surface area contributed by atoms with E-state index in [4.69, 9.17) is 0 Å². The van der Waals surface area contributed by atoms with Gasteiger partial charge in [-0.2, -0.15) is 0 Å². The fourth-order valence-corrected chi connectivity index (χ4v) is 3.97. The van der Waals surface area contributed by atoms with Gasteiger partial charge in [-0.15, -0.1) is 11.8 Å². The van der Waals surface area contributed by atoms with Crippen molar-refractivity contribution in [3.63, 3.8) is 0 Å². The van der Waals surface area contributed by atoms with Gasteiger partial charge >= 0.3 is 0 Å². The Balaban J connectivity index is 2.23. The monoisotopic (exact) mass is 256 g/mol. The largest absolute Gasteiger partial charge is 0.289 e. The molecule has 0 atom stereocenters. The number of carbonyl (C=O) groups is 1. The van der Waals surface area contributed by atoms with Gasteiger partial charge in [-0.25, -0.2) is 0 Å². The van der Waals surface area contributed by atoms with E-state index >= 15 is 0 Å². The van der Waals surface area contributed by atoms with Crippen LogP contribution in [0, 0.1) is 0 Å². The van der Waals surface area contributed by atoms with E-state index in [0.717, 1.165) is 24.0 Å². The van der Waals surface area contributed by atoms with E-state index in [1.54, 1.807) is 0 Å². The molecule has 0 saturated carbocycles.